The third kappa shape index (κ3) is 7.45. The standard InChI is InChI=1S/C22H36O4/c1-4-6-15-22(26,5-2)16-9-11-18-13-14-20(23)19(18)12-8-7-10-17(3)21(24)25/h7-9,11,17-19,26H,4-6,10,12-16H2,1-3H3,(H,24,25)/t17?,18-,19+,22?/m0/s1. The Morgan fingerprint density at radius 2 is 2.04 bits per heavy atom. The number of carbonyl (C=O) groups excluding carboxylic acids is 1. The summed E-state index contributed by atoms with van der Waals surface area (Å²) in [7, 11) is 0. The third-order valence-electron chi connectivity index (χ3n) is 5.66. The molecule has 1 rings (SSSR count). The van der Waals surface area contributed by atoms with Gasteiger partial charge in [-0.1, -0.05) is 57.9 Å². The highest BCUT2D eigenvalue weighted by atomic mass is 16.4. The van der Waals surface area contributed by atoms with Crippen molar-refractivity contribution in [2.45, 2.75) is 84.2 Å². The minimum atomic E-state index is -0.793. The van der Waals surface area contributed by atoms with Gasteiger partial charge in [-0.25, -0.2) is 0 Å². The Morgan fingerprint density at radius 1 is 1.31 bits per heavy atom. The second-order valence-electron chi connectivity index (χ2n) is 7.77. The number of hydrogen-bond donors (Lipinski definition) is 2. The molecule has 0 aromatic rings. The number of carbonyl (C=O) groups is 2. The molecular weight excluding hydrogens is 328 g/mol. The molecule has 0 bridgehead atoms. The van der Waals surface area contributed by atoms with Crippen LogP contribution in [0.25, 0.3) is 0 Å². The first-order chi connectivity index (χ1) is 12.3. The average molecular weight is 365 g/mol. The van der Waals surface area contributed by atoms with E-state index < -0.39 is 17.5 Å². The summed E-state index contributed by atoms with van der Waals surface area (Å²) in [6, 6.07) is 0. The first-order valence-electron chi connectivity index (χ1n) is 10.1. The number of hydrogen-bond acceptors (Lipinski definition) is 3. The van der Waals surface area contributed by atoms with Gasteiger partial charge in [0.2, 0.25) is 0 Å². The average Bonchev–Trinajstić information content (AvgIpc) is 2.96. The molecule has 1 fully saturated rings. The van der Waals surface area contributed by atoms with Gasteiger partial charge in [0.05, 0.1) is 11.5 Å². The Kier molecular flexibility index (Phi) is 9.85. The van der Waals surface area contributed by atoms with Crippen LogP contribution in [0.15, 0.2) is 24.3 Å². The number of ketones is 1. The van der Waals surface area contributed by atoms with Crippen molar-refractivity contribution in [2.75, 3.05) is 0 Å². The van der Waals surface area contributed by atoms with Crippen LogP contribution in [0, 0.1) is 17.8 Å². The Balaban J connectivity index is 2.55. The molecule has 1 aliphatic rings. The molecule has 4 heteroatoms. The van der Waals surface area contributed by atoms with Gasteiger partial charge in [-0.15, -0.1) is 0 Å². The van der Waals surface area contributed by atoms with Crippen LogP contribution in [0.1, 0.15) is 78.6 Å². The van der Waals surface area contributed by atoms with Gasteiger partial charge in [-0.05, 0) is 44.4 Å². The van der Waals surface area contributed by atoms with Crippen LogP contribution in [0.5, 0.6) is 0 Å². The van der Waals surface area contributed by atoms with Gasteiger partial charge in [0, 0.05) is 12.3 Å². The van der Waals surface area contributed by atoms with Crippen molar-refractivity contribution in [3.63, 3.8) is 0 Å². The maximum Gasteiger partial charge on any atom is 0.306 e. The molecule has 2 N–H and O–H groups in total. The van der Waals surface area contributed by atoms with E-state index in [1.807, 2.05) is 19.1 Å². The van der Waals surface area contributed by atoms with Crippen LogP contribution in [0.2, 0.25) is 0 Å². The van der Waals surface area contributed by atoms with Gasteiger partial charge in [-0.2, -0.15) is 0 Å². The minimum Gasteiger partial charge on any atom is -0.481 e. The van der Waals surface area contributed by atoms with Crippen molar-refractivity contribution < 1.29 is 19.8 Å². The number of rotatable bonds is 12. The molecule has 2 unspecified atom stereocenters. The predicted octanol–water partition coefficient (Wildman–Crippen LogP) is 4.92. The highest BCUT2D eigenvalue weighted by Crippen LogP contribution is 2.33. The number of unbranched alkanes of at least 4 members (excludes halogenated alkanes) is 1. The zero-order valence-electron chi connectivity index (χ0n) is 16.6. The molecule has 0 amide bonds. The summed E-state index contributed by atoms with van der Waals surface area (Å²) >= 11 is 0. The van der Waals surface area contributed by atoms with Crippen molar-refractivity contribution in [3.05, 3.63) is 24.3 Å². The van der Waals surface area contributed by atoms with Crippen LogP contribution in [0.4, 0.5) is 0 Å². The van der Waals surface area contributed by atoms with Crippen LogP contribution in [-0.2, 0) is 9.59 Å². The van der Waals surface area contributed by atoms with Crippen molar-refractivity contribution in [2.24, 2.45) is 17.8 Å². The molecule has 1 aliphatic carbocycles. The molecule has 4 atom stereocenters. The van der Waals surface area contributed by atoms with Crippen molar-refractivity contribution in [1.29, 1.82) is 0 Å². The fourth-order valence-corrected chi connectivity index (χ4v) is 3.51. The Bertz CT molecular complexity index is 508. The fourth-order valence-electron chi connectivity index (χ4n) is 3.51. The highest BCUT2D eigenvalue weighted by Gasteiger charge is 2.32. The second-order valence-corrected chi connectivity index (χ2v) is 7.77. The Labute approximate surface area is 158 Å². The summed E-state index contributed by atoms with van der Waals surface area (Å²) in [6.45, 7) is 5.84. The van der Waals surface area contributed by atoms with Gasteiger partial charge in [-0.3, -0.25) is 9.59 Å². The van der Waals surface area contributed by atoms with E-state index in [2.05, 4.69) is 19.1 Å². The molecule has 0 aliphatic heterocycles. The van der Waals surface area contributed by atoms with Gasteiger partial charge < -0.3 is 10.2 Å². The zero-order chi connectivity index (χ0) is 19.6. The monoisotopic (exact) mass is 364 g/mol. The van der Waals surface area contributed by atoms with Gasteiger partial charge in [0.15, 0.2) is 0 Å². The van der Waals surface area contributed by atoms with E-state index in [0.29, 0.717) is 31.5 Å². The van der Waals surface area contributed by atoms with Crippen molar-refractivity contribution >= 4 is 11.8 Å². The van der Waals surface area contributed by atoms with Crippen LogP contribution >= 0.6 is 0 Å². The van der Waals surface area contributed by atoms with E-state index in [0.717, 1.165) is 32.1 Å². The predicted molar refractivity (Wildman–Crippen MR) is 105 cm³/mol. The zero-order valence-corrected chi connectivity index (χ0v) is 16.6. The summed E-state index contributed by atoms with van der Waals surface area (Å²) in [5, 5.41) is 19.5. The summed E-state index contributed by atoms with van der Waals surface area (Å²) in [5.41, 5.74) is -0.627. The maximum absolute atomic E-state index is 12.2. The van der Waals surface area contributed by atoms with E-state index >= 15 is 0 Å². The van der Waals surface area contributed by atoms with Crippen molar-refractivity contribution in [1.82, 2.24) is 0 Å². The lowest BCUT2D eigenvalue weighted by Crippen LogP contribution is -2.26. The molecule has 0 aromatic heterocycles. The van der Waals surface area contributed by atoms with E-state index in [1.165, 1.54) is 0 Å². The minimum absolute atomic E-state index is 0.00649. The summed E-state index contributed by atoms with van der Waals surface area (Å²) < 4.78 is 0. The van der Waals surface area contributed by atoms with Gasteiger partial charge >= 0.3 is 5.97 Å². The molecule has 148 valence electrons. The number of aliphatic carboxylic acids is 1. The van der Waals surface area contributed by atoms with E-state index in [9.17, 15) is 14.7 Å². The number of allylic oxidation sites excluding steroid dienone is 3. The normalized spacial score (nSPS) is 24.4. The molecular formula is C22H36O4. The van der Waals surface area contributed by atoms with Gasteiger partial charge in [0.1, 0.15) is 5.78 Å². The number of aliphatic hydroxyl groups is 1. The molecule has 0 radical (unpaired) electrons. The fraction of sp³-hybridized carbons (Fsp3) is 0.727. The number of Topliss-reactive ketones (excluding diaryl/α,β-unsaturated/α-hetero) is 1. The number of carboxylic acid groups (broad SMARTS) is 1. The lowest BCUT2D eigenvalue weighted by molar-refractivity contribution is -0.141. The van der Waals surface area contributed by atoms with Gasteiger partial charge in [0.25, 0.3) is 0 Å². The Hall–Kier alpha value is -1.42. The highest BCUT2D eigenvalue weighted by molar-refractivity contribution is 5.83. The Morgan fingerprint density at radius 3 is 2.65 bits per heavy atom. The van der Waals surface area contributed by atoms with Crippen molar-refractivity contribution in [3.8, 4) is 0 Å². The van der Waals surface area contributed by atoms with Crippen LogP contribution < -0.4 is 0 Å². The maximum atomic E-state index is 12.2. The van der Waals surface area contributed by atoms with Crippen LogP contribution in [-0.4, -0.2) is 27.6 Å². The van der Waals surface area contributed by atoms with E-state index in [1.54, 1.807) is 6.92 Å². The molecule has 4 nitrogen and oxygen atoms in total. The third-order valence-corrected chi connectivity index (χ3v) is 5.66. The number of carboxylic acids is 1. The quantitative estimate of drug-likeness (QED) is 0.482. The topological polar surface area (TPSA) is 74.6 Å². The molecule has 0 spiro atoms. The first kappa shape index (κ1) is 22.6. The SMILES string of the molecule is CCCCC(O)(CC)CC=C[C@H]1CCC(=O)[C@@H]1CC=CCC(C)C(=O)O. The molecule has 26 heavy (non-hydrogen) atoms. The second kappa shape index (κ2) is 11.3. The molecule has 0 aromatic carbocycles. The summed E-state index contributed by atoms with van der Waals surface area (Å²) in [4.78, 5) is 23.0. The summed E-state index contributed by atoms with van der Waals surface area (Å²) in [6.07, 6.45) is 15.0. The first-order valence-corrected chi connectivity index (χ1v) is 10.1. The molecule has 1 saturated carbocycles. The largest absolute Gasteiger partial charge is 0.481 e. The van der Waals surface area contributed by atoms with E-state index in [-0.39, 0.29) is 11.8 Å². The lowest BCUT2D eigenvalue weighted by atomic mass is 9.87. The van der Waals surface area contributed by atoms with E-state index in [4.69, 9.17) is 5.11 Å². The van der Waals surface area contributed by atoms with Crippen LogP contribution in [0.3, 0.4) is 0 Å². The molecule has 0 heterocycles. The molecule has 0 saturated heterocycles. The smallest absolute Gasteiger partial charge is 0.306 e. The lowest BCUT2D eigenvalue weighted by Gasteiger charge is -2.25. The summed E-state index contributed by atoms with van der Waals surface area (Å²) in [5.74, 6) is -0.661.